The predicted octanol–water partition coefficient (Wildman–Crippen LogP) is 4.01. The molecule has 5 heteroatoms. The van der Waals surface area contributed by atoms with Gasteiger partial charge in [0.2, 0.25) is 0 Å². The fourth-order valence-corrected chi connectivity index (χ4v) is 2.99. The molecule has 1 N–H and O–H groups in total. The van der Waals surface area contributed by atoms with Crippen LogP contribution in [-0.2, 0) is 4.79 Å². The van der Waals surface area contributed by atoms with E-state index in [9.17, 15) is 9.59 Å². The van der Waals surface area contributed by atoms with Gasteiger partial charge >= 0.3 is 5.97 Å². The minimum absolute atomic E-state index is 0.133. The maximum atomic E-state index is 12.8. The number of carbonyl (C=O) groups is 2. The summed E-state index contributed by atoms with van der Waals surface area (Å²) < 4.78 is 0. The number of aromatic carboxylic acids is 1. The average Bonchev–Trinajstić information content (AvgIpc) is 2.65. The summed E-state index contributed by atoms with van der Waals surface area (Å²) in [5.41, 5.74) is 2.86. The molecule has 1 aliphatic carbocycles. The normalized spacial score (nSPS) is 19.0. The molecule has 0 aromatic heterocycles. The molecule has 1 heterocycles. The van der Waals surface area contributed by atoms with Crippen molar-refractivity contribution >= 4 is 29.2 Å². The van der Waals surface area contributed by atoms with E-state index in [-0.39, 0.29) is 11.5 Å². The molecule has 0 saturated carbocycles. The van der Waals surface area contributed by atoms with Crippen molar-refractivity contribution in [1.82, 2.24) is 0 Å². The molecule has 23 heavy (non-hydrogen) atoms. The van der Waals surface area contributed by atoms with Gasteiger partial charge in [-0.25, -0.2) is 4.79 Å². The van der Waals surface area contributed by atoms with Crippen LogP contribution in [0.4, 0.5) is 5.69 Å². The molecule has 0 fully saturated rings. The van der Waals surface area contributed by atoms with Crippen LogP contribution in [0.3, 0.4) is 0 Å². The number of carboxylic acid groups (broad SMARTS) is 1. The minimum atomic E-state index is -1.03. The van der Waals surface area contributed by atoms with Crippen LogP contribution in [-0.4, -0.2) is 17.0 Å². The Morgan fingerprint density at radius 3 is 2.87 bits per heavy atom. The molecular weight excluding hydrogens is 314 g/mol. The van der Waals surface area contributed by atoms with E-state index < -0.39 is 5.97 Å². The van der Waals surface area contributed by atoms with Gasteiger partial charge in [-0.05, 0) is 49.3 Å². The largest absolute Gasteiger partial charge is 0.478 e. The lowest BCUT2D eigenvalue weighted by molar-refractivity contribution is -0.114. The van der Waals surface area contributed by atoms with Crippen LogP contribution in [0, 0.1) is 0 Å². The summed E-state index contributed by atoms with van der Waals surface area (Å²) in [4.78, 5) is 25.5. The number of amides is 1. The molecule has 0 radical (unpaired) electrons. The Morgan fingerprint density at radius 2 is 2.17 bits per heavy atom. The quantitative estimate of drug-likeness (QED) is 0.835. The van der Waals surface area contributed by atoms with Gasteiger partial charge in [0.15, 0.2) is 0 Å². The van der Waals surface area contributed by atoms with Gasteiger partial charge in [0, 0.05) is 10.6 Å². The van der Waals surface area contributed by atoms with E-state index in [2.05, 4.69) is 0 Å². The Bertz CT molecular complexity index is 830. The molecule has 3 rings (SSSR count). The van der Waals surface area contributed by atoms with E-state index in [1.54, 1.807) is 30.4 Å². The van der Waals surface area contributed by atoms with Gasteiger partial charge in [-0.1, -0.05) is 29.8 Å². The SMILES string of the molecule is C/C=C1\C(=O)N(c2cccc(C(=O)O)c2)C2=C1CC=CC(Cl)=C2. The lowest BCUT2D eigenvalue weighted by Gasteiger charge is -2.19. The number of hydrogen-bond acceptors (Lipinski definition) is 2. The number of carboxylic acids is 1. The molecule has 0 atom stereocenters. The maximum absolute atomic E-state index is 12.8. The first-order valence-electron chi connectivity index (χ1n) is 7.14. The number of halogens is 1. The number of hydrogen-bond donors (Lipinski definition) is 1. The summed E-state index contributed by atoms with van der Waals surface area (Å²) in [7, 11) is 0. The van der Waals surface area contributed by atoms with Gasteiger partial charge in [0.1, 0.15) is 0 Å². The van der Waals surface area contributed by atoms with Crippen LogP contribution in [0.1, 0.15) is 23.7 Å². The van der Waals surface area contributed by atoms with Gasteiger partial charge in [-0.3, -0.25) is 9.69 Å². The second-order valence-corrected chi connectivity index (χ2v) is 5.63. The number of benzene rings is 1. The first-order chi connectivity index (χ1) is 11.0. The third-order valence-electron chi connectivity index (χ3n) is 3.82. The smallest absolute Gasteiger partial charge is 0.335 e. The number of nitrogens with zero attached hydrogens (tertiary/aromatic N) is 1. The Kier molecular flexibility index (Phi) is 3.92. The number of allylic oxidation sites excluding steroid dienone is 5. The second-order valence-electron chi connectivity index (χ2n) is 5.20. The van der Waals surface area contributed by atoms with Crippen LogP contribution in [0.15, 0.2) is 70.4 Å². The Labute approximate surface area is 138 Å². The van der Waals surface area contributed by atoms with E-state index in [1.165, 1.54) is 17.0 Å². The van der Waals surface area contributed by atoms with Gasteiger partial charge in [-0.2, -0.15) is 0 Å². The molecule has 2 aliphatic rings. The Balaban J connectivity index is 2.17. The highest BCUT2D eigenvalue weighted by Crippen LogP contribution is 2.38. The molecule has 0 unspecified atom stereocenters. The summed E-state index contributed by atoms with van der Waals surface area (Å²) in [5, 5.41) is 9.69. The molecule has 1 aromatic rings. The highest BCUT2D eigenvalue weighted by atomic mass is 35.5. The molecule has 0 bridgehead atoms. The molecule has 116 valence electrons. The summed E-state index contributed by atoms with van der Waals surface area (Å²) in [6.07, 6.45) is 7.82. The topological polar surface area (TPSA) is 57.6 Å². The molecule has 1 aliphatic heterocycles. The zero-order valence-corrected chi connectivity index (χ0v) is 13.2. The standard InChI is InChI=1S/C18H14ClNO3/c1-2-14-15-8-4-6-12(19)10-16(15)20(17(14)21)13-7-3-5-11(9-13)18(22)23/h2-7,9-10H,8H2,1H3,(H,22,23)/b14-2-. The summed E-state index contributed by atoms with van der Waals surface area (Å²) in [6, 6.07) is 6.33. The number of carbonyl (C=O) groups excluding carboxylic acids is 1. The molecule has 1 aromatic carbocycles. The summed E-state index contributed by atoms with van der Waals surface area (Å²) in [6.45, 7) is 1.81. The van der Waals surface area contributed by atoms with Crippen LogP contribution in [0.25, 0.3) is 0 Å². The van der Waals surface area contributed by atoms with E-state index in [1.807, 2.05) is 13.0 Å². The fourth-order valence-electron chi connectivity index (χ4n) is 2.80. The second kappa shape index (κ2) is 5.89. The lowest BCUT2D eigenvalue weighted by atomic mass is 10.0. The third kappa shape index (κ3) is 2.62. The number of anilines is 1. The van der Waals surface area contributed by atoms with Crippen molar-refractivity contribution in [3.8, 4) is 0 Å². The highest BCUT2D eigenvalue weighted by molar-refractivity contribution is 6.31. The molecule has 4 nitrogen and oxygen atoms in total. The summed E-state index contributed by atoms with van der Waals surface area (Å²) in [5.74, 6) is -1.20. The zero-order chi connectivity index (χ0) is 16.6. The minimum Gasteiger partial charge on any atom is -0.478 e. The molecular formula is C18H14ClNO3. The van der Waals surface area contributed by atoms with Crippen LogP contribution in [0.5, 0.6) is 0 Å². The van der Waals surface area contributed by atoms with E-state index in [0.29, 0.717) is 28.4 Å². The van der Waals surface area contributed by atoms with Gasteiger partial charge in [0.25, 0.3) is 5.91 Å². The van der Waals surface area contributed by atoms with Crippen molar-refractivity contribution in [2.24, 2.45) is 0 Å². The van der Waals surface area contributed by atoms with Crippen LogP contribution in [0.2, 0.25) is 0 Å². The maximum Gasteiger partial charge on any atom is 0.335 e. The van der Waals surface area contributed by atoms with Gasteiger partial charge in [-0.15, -0.1) is 0 Å². The van der Waals surface area contributed by atoms with Crippen LogP contribution < -0.4 is 4.90 Å². The van der Waals surface area contributed by atoms with Crippen molar-refractivity contribution in [2.45, 2.75) is 13.3 Å². The fraction of sp³-hybridized carbons (Fsp3) is 0.111. The summed E-state index contributed by atoms with van der Waals surface area (Å²) >= 11 is 6.15. The van der Waals surface area contributed by atoms with Crippen LogP contribution >= 0.6 is 11.6 Å². The Morgan fingerprint density at radius 1 is 1.39 bits per heavy atom. The molecule has 0 spiro atoms. The lowest BCUT2D eigenvalue weighted by Crippen LogP contribution is -2.25. The van der Waals surface area contributed by atoms with E-state index >= 15 is 0 Å². The van der Waals surface area contributed by atoms with Crippen molar-refractivity contribution in [1.29, 1.82) is 0 Å². The van der Waals surface area contributed by atoms with Gasteiger partial charge < -0.3 is 5.11 Å². The average molecular weight is 328 g/mol. The molecule has 1 amide bonds. The zero-order valence-electron chi connectivity index (χ0n) is 12.4. The van der Waals surface area contributed by atoms with Gasteiger partial charge in [0.05, 0.1) is 16.9 Å². The first-order valence-corrected chi connectivity index (χ1v) is 7.52. The third-order valence-corrected chi connectivity index (χ3v) is 4.06. The van der Waals surface area contributed by atoms with E-state index in [4.69, 9.17) is 16.7 Å². The predicted molar refractivity (Wildman–Crippen MR) is 89.4 cm³/mol. The van der Waals surface area contributed by atoms with Crippen molar-refractivity contribution in [3.05, 3.63) is 76.0 Å². The highest BCUT2D eigenvalue weighted by Gasteiger charge is 2.34. The van der Waals surface area contributed by atoms with Crippen molar-refractivity contribution in [2.75, 3.05) is 4.90 Å². The molecule has 0 saturated heterocycles. The monoisotopic (exact) mass is 327 g/mol. The van der Waals surface area contributed by atoms with Crippen molar-refractivity contribution < 1.29 is 14.7 Å². The Hall–Kier alpha value is -2.59. The first kappa shape index (κ1) is 15.3. The number of rotatable bonds is 2. The van der Waals surface area contributed by atoms with E-state index in [0.717, 1.165) is 5.57 Å². The van der Waals surface area contributed by atoms with Crippen molar-refractivity contribution in [3.63, 3.8) is 0 Å².